The Kier molecular flexibility index (Phi) is 8.24. The zero-order valence-corrected chi connectivity index (χ0v) is 13.1. The molecule has 0 aliphatic carbocycles. The van der Waals surface area contributed by atoms with Crippen LogP contribution < -0.4 is 5.73 Å². The van der Waals surface area contributed by atoms with Crippen molar-refractivity contribution in [2.75, 3.05) is 13.1 Å². The van der Waals surface area contributed by atoms with Gasteiger partial charge < -0.3 is 10.6 Å². The van der Waals surface area contributed by atoms with E-state index in [2.05, 4.69) is 9.98 Å². The topological polar surface area (TPSA) is 54.5 Å². The summed E-state index contributed by atoms with van der Waals surface area (Å²) in [6, 6.07) is 3.65. The molecule has 1 aromatic rings. The number of pyridine rings is 1. The van der Waals surface area contributed by atoms with Crippen LogP contribution in [0.2, 0.25) is 5.02 Å². The van der Waals surface area contributed by atoms with Gasteiger partial charge >= 0.3 is 0 Å². The van der Waals surface area contributed by atoms with Gasteiger partial charge in [0, 0.05) is 19.3 Å². The fourth-order valence-electron chi connectivity index (χ4n) is 1.31. The average molecular weight is 369 g/mol. The minimum atomic E-state index is 0. The molecule has 17 heavy (non-hydrogen) atoms. The van der Waals surface area contributed by atoms with Gasteiger partial charge in [-0.3, -0.25) is 4.98 Å². The number of aliphatic imine (C=N–C) groups is 1. The van der Waals surface area contributed by atoms with Crippen molar-refractivity contribution < 1.29 is 0 Å². The van der Waals surface area contributed by atoms with E-state index in [1.165, 1.54) is 0 Å². The highest BCUT2D eigenvalue weighted by Crippen LogP contribution is 2.06. The van der Waals surface area contributed by atoms with E-state index in [0.29, 0.717) is 17.5 Å². The van der Waals surface area contributed by atoms with Gasteiger partial charge in [0.05, 0.1) is 17.3 Å². The van der Waals surface area contributed by atoms with Crippen molar-refractivity contribution in [3.05, 3.63) is 29.0 Å². The Hall–Kier alpha value is -0.560. The second-order valence-electron chi connectivity index (χ2n) is 3.31. The van der Waals surface area contributed by atoms with Gasteiger partial charge in [0.1, 0.15) is 0 Å². The number of aromatic nitrogens is 1. The molecule has 1 heterocycles. The minimum absolute atomic E-state index is 0. The van der Waals surface area contributed by atoms with E-state index < -0.39 is 0 Å². The highest BCUT2D eigenvalue weighted by molar-refractivity contribution is 14.0. The molecule has 1 rings (SSSR count). The first kappa shape index (κ1) is 16.4. The van der Waals surface area contributed by atoms with Crippen molar-refractivity contribution >= 4 is 41.5 Å². The third kappa shape index (κ3) is 5.54. The Labute approximate surface area is 124 Å². The van der Waals surface area contributed by atoms with Crippen LogP contribution in [-0.4, -0.2) is 28.9 Å². The van der Waals surface area contributed by atoms with Crippen molar-refractivity contribution in [3.8, 4) is 0 Å². The summed E-state index contributed by atoms with van der Waals surface area (Å²) in [5.41, 5.74) is 6.70. The zero-order valence-electron chi connectivity index (χ0n) is 10.1. The van der Waals surface area contributed by atoms with Crippen LogP contribution in [0, 0.1) is 0 Å². The second-order valence-corrected chi connectivity index (χ2v) is 3.75. The molecule has 96 valence electrons. The van der Waals surface area contributed by atoms with Gasteiger partial charge in [0.2, 0.25) is 0 Å². The molecule has 0 radical (unpaired) electrons. The molecule has 0 saturated carbocycles. The highest BCUT2D eigenvalue weighted by Gasteiger charge is 2.01. The van der Waals surface area contributed by atoms with Gasteiger partial charge in [0.15, 0.2) is 5.96 Å². The van der Waals surface area contributed by atoms with Crippen LogP contribution in [0.25, 0.3) is 0 Å². The largest absolute Gasteiger partial charge is 0.370 e. The lowest BCUT2D eigenvalue weighted by atomic mass is 10.3. The predicted octanol–water partition coefficient (Wildman–Crippen LogP) is 2.51. The molecule has 0 unspecified atom stereocenters. The molecule has 0 saturated heterocycles. The second kappa shape index (κ2) is 8.52. The monoisotopic (exact) mass is 368 g/mol. The summed E-state index contributed by atoms with van der Waals surface area (Å²) < 4.78 is 0. The van der Waals surface area contributed by atoms with Crippen molar-refractivity contribution in [1.82, 2.24) is 9.88 Å². The molecular formula is C11H18ClIN4. The van der Waals surface area contributed by atoms with E-state index in [9.17, 15) is 0 Å². The summed E-state index contributed by atoms with van der Waals surface area (Å²) in [5, 5.41) is 0.629. The number of hydrogen-bond acceptors (Lipinski definition) is 2. The number of hydrogen-bond donors (Lipinski definition) is 1. The first-order valence-electron chi connectivity index (χ1n) is 5.32. The van der Waals surface area contributed by atoms with Gasteiger partial charge in [0.25, 0.3) is 0 Å². The van der Waals surface area contributed by atoms with E-state index >= 15 is 0 Å². The highest BCUT2D eigenvalue weighted by atomic mass is 127. The molecular weight excluding hydrogens is 351 g/mol. The molecule has 4 nitrogen and oxygen atoms in total. The average Bonchev–Trinajstić information content (AvgIpc) is 2.30. The van der Waals surface area contributed by atoms with E-state index in [0.717, 1.165) is 18.8 Å². The third-order valence-electron chi connectivity index (χ3n) is 2.28. The summed E-state index contributed by atoms with van der Waals surface area (Å²) in [6.45, 7) is 6.30. The number of nitrogens with two attached hydrogens (primary N) is 1. The summed E-state index contributed by atoms with van der Waals surface area (Å²) in [6.07, 6.45) is 1.61. The molecule has 0 amide bonds. The number of halogens is 2. The maximum Gasteiger partial charge on any atom is 0.191 e. The first-order valence-corrected chi connectivity index (χ1v) is 5.70. The van der Waals surface area contributed by atoms with Gasteiger partial charge in [-0.05, 0) is 26.0 Å². The van der Waals surface area contributed by atoms with E-state index in [1.54, 1.807) is 12.3 Å². The van der Waals surface area contributed by atoms with Crippen molar-refractivity contribution in [1.29, 1.82) is 0 Å². The van der Waals surface area contributed by atoms with Gasteiger partial charge in [-0.1, -0.05) is 11.6 Å². The van der Waals surface area contributed by atoms with Crippen molar-refractivity contribution in [3.63, 3.8) is 0 Å². The lowest BCUT2D eigenvalue weighted by Crippen LogP contribution is -2.37. The Morgan fingerprint density at radius 1 is 1.41 bits per heavy atom. The SMILES string of the molecule is CCN(CC)C(N)=NCc1ccc(Cl)cn1.I. The van der Waals surface area contributed by atoms with Crippen molar-refractivity contribution in [2.24, 2.45) is 10.7 Å². The van der Waals surface area contributed by atoms with Crippen LogP contribution in [0.4, 0.5) is 0 Å². The molecule has 0 atom stereocenters. The van der Waals surface area contributed by atoms with Crippen LogP contribution in [0.1, 0.15) is 19.5 Å². The van der Waals surface area contributed by atoms with Crippen LogP contribution in [-0.2, 0) is 6.54 Å². The molecule has 0 spiro atoms. The Balaban J connectivity index is 0.00000256. The van der Waals surface area contributed by atoms with E-state index in [1.807, 2.05) is 24.8 Å². The Morgan fingerprint density at radius 2 is 2.06 bits per heavy atom. The Morgan fingerprint density at radius 3 is 2.53 bits per heavy atom. The minimum Gasteiger partial charge on any atom is -0.370 e. The lowest BCUT2D eigenvalue weighted by molar-refractivity contribution is 0.458. The fraction of sp³-hybridized carbons (Fsp3) is 0.455. The first-order chi connectivity index (χ1) is 7.67. The normalized spacial score (nSPS) is 10.9. The summed E-state index contributed by atoms with van der Waals surface area (Å²) in [7, 11) is 0. The smallest absolute Gasteiger partial charge is 0.191 e. The third-order valence-corrected chi connectivity index (χ3v) is 2.50. The van der Waals surface area contributed by atoms with Gasteiger partial charge in [-0.15, -0.1) is 24.0 Å². The number of guanidine groups is 1. The molecule has 0 aliphatic rings. The molecule has 0 aromatic carbocycles. The standard InChI is InChI=1S/C11H17ClN4.HI/c1-3-16(4-2)11(13)15-8-10-6-5-9(12)7-14-10;/h5-7H,3-4,8H2,1-2H3,(H2,13,15);1H. The fourth-order valence-corrected chi connectivity index (χ4v) is 1.42. The Bertz CT molecular complexity index is 349. The molecule has 0 fully saturated rings. The summed E-state index contributed by atoms with van der Waals surface area (Å²) in [4.78, 5) is 10.4. The van der Waals surface area contributed by atoms with Crippen LogP contribution >= 0.6 is 35.6 Å². The van der Waals surface area contributed by atoms with Gasteiger partial charge in [-0.2, -0.15) is 0 Å². The van der Waals surface area contributed by atoms with E-state index in [-0.39, 0.29) is 24.0 Å². The zero-order chi connectivity index (χ0) is 12.0. The van der Waals surface area contributed by atoms with Gasteiger partial charge in [-0.25, -0.2) is 4.99 Å². The molecule has 1 aromatic heterocycles. The van der Waals surface area contributed by atoms with Crippen molar-refractivity contribution in [2.45, 2.75) is 20.4 Å². The number of rotatable bonds is 4. The summed E-state index contributed by atoms with van der Waals surface area (Å²) >= 11 is 5.74. The molecule has 0 aliphatic heterocycles. The summed E-state index contributed by atoms with van der Waals surface area (Å²) in [5.74, 6) is 0.557. The predicted molar refractivity (Wildman–Crippen MR) is 82.9 cm³/mol. The molecule has 0 bridgehead atoms. The van der Waals surface area contributed by atoms with Crippen LogP contribution in [0.15, 0.2) is 23.3 Å². The van der Waals surface area contributed by atoms with Crippen LogP contribution in [0.5, 0.6) is 0 Å². The maximum atomic E-state index is 5.84. The molecule has 6 heteroatoms. The maximum absolute atomic E-state index is 5.84. The quantitative estimate of drug-likeness (QED) is 0.505. The number of nitrogens with zero attached hydrogens (tertiary/aromatic N) is 3. The molecule has 2 N–H and O–H groups in total. The van der Waals surface area contributed by atoms with Crippen LogP contribution in [0.3, 0.4) is 0 Å². The lowest BCUT2D eigenvalue weighted by Gasteiger charge is -2.19. The van der Waals surface area contributed by atoms with E-state index in [4.69, 9.17) is 17.3 Å².